The van der Waals surface area contributed by atoms with Gasteiger partial charge in [-0.25, -0.2) is 9.59 Å². The van der Waals surface area contributed by atoms with E-state index in [0.717, 1.165) is 28.3 Å². The molecule has 168 valence electrons. The van der Waals surface area contributed by atoms with Crippen molar-refractivity contribution in [3.05, 3.63) is 83.4 Å². The lowest BCUT2D eigenvalue weighted by atomic mass is 9.98. The van der Waals surface area contributed by atoms with Crippen LogP contribution in [0.2, 0.25) is 0 Å². The zero-order valence-corrected chi connectivity index (χ0v) is 17.7. The number of phenols is 1. The Bertz CT molecular complexity index is 1190. The van der Waals surface area contributed by atoms with Crippen LogP contribution >= 0.6 is 0 Å². The maximum atomic E-state index is 12.4. The molecule has 0 aromatic heterocycles. The Kier molecular flexibility index (Phi) is 5.99. The van der Waals surface area contributed by atoms with Gasteiger partial charge in [-0.1, -0.05) is 48.5 Å². The third kappa shape index (κ3) is 4.50. The Balaban J connectivity index is 1.35. The molecule has 2 amide bonds. The highest BCUT2D eigenvalue weighted by molar-refractivity contribution is 5.97. The zero-order chi connectivity index (χ0) is 23.5. The summed E-state index contributed by atoms with van der Waals surface area (Å²) in [6.45, 7) is 1.61. The number of hydrogen-bond donors (Lipinski definition) is 4. The highest BCUT2D eigenvalue weighted by atomic mass is 16.5. The van der Waals surface area contributed by atoms with Crippen molar-refractivity contribution in [2.75, 3.05) is 11.9 Å². The molecule has 0 heterocycles. The quantitative estimate of drug-likeness (QED) is 0.454. The SMILES string of the molecule is C[C@@H](NC(=O)OCC1c2ccccc2-c2ccccc21)C(=O)Nc1ccc(C(=O)O)c(O)c1. The Morgan fingerprint density at radius 3 is 2.15 bits per heavy atom. The van der Waals surface area contributed by atoms with Gasteiger partial charge in [0.2, 0.25) is 5.91 Å². The van der Waals surface area contributed by atoms with Crippen LogP contribution in [0.25, 0.3) is 11.1 Å². The second-order valence-corrected chi connectivity index (χ2v) is 7.72. The molecule has 0 saturated carbocycles. The minimum atomic E-state index is -1.28. The predicted molar refractivity (Wildman–Crippen MR) is 121 cm³/mol. The monoisotopic (exact) mass is 446 g/mol. The molecule has 8 nitrogen and oxygen atoms in total. The van der Waals surface area contributed by atoms with Gasteiger partial charge in [-0.2, -0.15) is 0 Å². The number of ether oxygens (including phenoxy) is 1. The number of carboxylic acids is 1. The summed E-state index contributed by atoms with van der Waals surface area (Å²) in [6.07, 6.45) is -0.733. The van der Waals surface area contributed by atoms with E-state index in [0.29, 0.717) is 0 Å². The molecule has 1 atom stereocenters. The summed E-state index contributed by atoms with van der Waals surface area (Å²) >= 11 is 0. The van der Waals surface area contributed by atoms with Gasteiger partial charge in [-0.3, -0.25) is 4.79 Å². The van der Waals surface area contributed by atoms with Crippen molar-refractivity contribution >= 4 is 23.7 Å². The molecule has 8 heteroatoms. The van der Waals surface area contributed by atoms with Crippen molar-refractivity contribution in [3.63, 3.8) is 0 Å². The average molecular weight is 446 g/mol. The fourth-order valence-electron chi connectivity index (χ4n) is 3.92. The number of carbonyl (C=O) groups excluding carboxylic acids is 2. The van der Waals surface area contributed by atoms with E-state index >= 15 is 0 Å². The number of alkyl carbamates (subject to hydrolysis) is 1. The number of aromatic carboxylic acids is 1. The summed E-state index contributed by atoms with van der Waals surface area (Å²) in [5.74, 6) is -2.40. The van der Waals surface area contributed by atoms with Gasteiger partial charge >= 0.3 is 12.1 Å². The van der Waals surface area contributed by atoms with E-state index in [-0.39, 0.29) is 23.8 Å². The summed E-state index contributed by atoms with van der Waals surface area (Å²) in [7, 11) is 0. The summed E-state index contributed by atoms with van der Waals surface area (Å²) in [5.41, 5.74) is 4.32. The van der Waals surface area contributed by atoms with Crippen molar-refractivity contribution in [1.29, 1.82) is 0 Å². The van der Waals surface area contributed by atoms with E-state index in [9.17, 15) is 19.5 Å². The van der Waals surface area contributed by atoms with E-state index in [1.54, 1.807) is 0 Å². The van der Waals surface area contributed by atoms with Crippen LogP contribution in [0.3, 0.4) is 0 Å². The number of amides is 2. The largest absolute Gasteiger partial charge is 0.507 e. The van der Waals surface area contributed by atoms with Crippen LogP contribution in [-0.2, 0) is 9.53 Å². The molecule has 0 unspecified atom stereocenters. The van der Waals surface area contributed by atoms with Crippen LogP contribution < -0.4 is 10.6 Å². The lowest BCUT2D eigenvalue weighted by Crippen LogP contribution is -2.42. The van der Waals surface area contributed by atoms with Gasteiger partial charge in [0, 0.05) is 17.7 Å². The second kappa shape index (κ2) is 9.04. The number of aromatic hydroxyl groups is 1. The first kappa shape index (κ1) is 21.9. The lowest BCUT2D eigenvalue weighted by Gasteiger charge is -2.17. The van der Waals surface area contributed by atoms with Gasteiger partial charge in [-0.15, -0.1) is 0 Å². The molecule has 1 aliphatic rings. The van der Waals surface area contributed by atoms with E-state index in [1.165, 1.54) is 19.1 Å². The van der Waals surface area contributed by atoms with Crippen LogP contribution in [0.15, 0.2) is 66.7 Å². The summed E-state index contributed by atoms with van der Waals surface area (Å²) in [6, 6.07) is 18.7. The summed E-state index contributed by atoms with van der Waals surface area (Å²) in [4.78, 5) is 35.7. The Morgan fingerprint density at radius 2 is 1.58 bits per heavy atom. The van der Waals surface area contributed by atoms with E-state index < -0.39 is 29.8 Å². The molecule has 0 bridgehead atoms. The zero-order valence-electron chi connectivity index (χ0n) is 17.7. The molecular weight excluding hydrogens is 424 g/mol. The fraction of sp³-hybridized carbons (Fsp3) is 0.160. The van der Waals surface area contributed by atoms with Gasteiger partial charge in [0.15, 0.2) is 0 Å². The Hall–Kier alpha value is -4.33. The van der Waals surface area contributed by atoms with Crippen LogP contribution in [0, 0.1) is 0 Å². The number of anilines is 1. The number of carbonyl (C=O) groups is 3. The highest BCUT2D eigenvalue weighted by Crippen LogP contribution is 2.44. The second-order valence-electron chi connectivity index (χ2n) is 7.72. The van der Waals surface area contributed by atoms with Crippen LogP contribution in [0.4, 0.5) is 10.5 Å². The number of carboxylic acid groups (broad SMARTS) is 1. The van der Waals surface area contributed by atoms with E-state index in [4.69, 9.17) is 9.84 Å². The number of rotatable bonds is 6. The molecular formula is C25H22N2O6. The summed E-state index contributed by atoms with van der Waals surface area (Å²) < 4.78 is 5.44. The van der Waals surface area contributed by atoms with Gasteiger partial charge in [0.05, 0.1) is 0 Å². The van der Waals surface area contributed by atoms with Gasteiger partial charge in [0.25, 0.3) is 0 Å². The Labute approximate surface area is 189 Å². The fourth-order valence-corrected chi connectivity index (χ4v) is 3.92. The predicted octanol–water partition coefficient (Wildman–Crippen LogP) is 3.96. The minimum absolute atomic E-state index is 0.0944. The molecule has 0 radical (unpaired) electrons. The molecule has 4 N–H and O–H groups in total. The molecule has 0 saturated heterocycles. The molecule has 33 heavy (non-hydrogen) atoms. The maximum absolute atomic E-state index is 12.4. The standard InChI is InChI=1S/C25H22N2O6/c1-14(23(29)27-15-10-11-20(24(30)31)22(28)12-15)26-25(32)33-13-21-18-8-4-2-6-16(18)17-7-3-5-9-19(17)21/h2-12,14,21,28H,13H2,1H3,(H,26,32)(H,27,29)(H,30,31)/t14-/m1/s1. The van der Waals surface area contributed by atoms with Gasteiger partial charge in [0.1, 0.15) is 24.0 Å². The third-order valence-electron chi connectivity index (χ3n) is 5.57. The summed E-state index contributed by atoms with van der Waals surface area (Å²) in [5, 5.41) is 23.7. The number of nitrogens with one attached hydrogen (secondary N) is 2. The number of hydrogen-bond acceptors (Lipinski definition) is 5. The molecule has 4 rings (SSSR count). The average Bonchev–Trinajstić information content (AvgIpc) is 3.11. The first-order valence-electron chi connectivity index (χ1n) is 10.3. The van der Waals surface area contributed by atoms with Crippen molar-refractivity contribution in [1.82, 2.24) is 5.32 Å². The number of fused-ring (bicyclic) bond motifs is 3. The van der Waals surface area contributed by atoms with E-state index in [2.05, 4.69) is 10.6 Å². The molecule has 1 aliphatic carbocycles. The third-order valence-corrected chi connectivity index (χ3v) is 5.57. The van der Waals surface area contributed by atoms with Gasteiger partial charge in [-0.05, 0) is 41.3 Å². The Morgan fingerprint density at radius 1 is 0.970 bits per heavy atom. The molecule has 0 spiro atoms. The first-order valence-corrected chi connectivity index (χ1v) is 10.3. The van der Waals surface area contributed by atoms with E-state index in [1.807, 2.05) is 48.5 Å². The first-order chi connectivity index (χ1) is 15.8. The molecule has 3 aromatic carbocycles. The molecule has 3 aromatic rings. The number of benzene rings is 3. The molecule has 0 aliphatic heterocycles. The molecule has 0 fully saturated rings. The van der Waals surface area contributed by atoms with Crippen molar-refractivity contribution in [2.45, 2.75) is 18.9 Å². The van der Waals surface area contributed by atoms with Crippen molar-refractivity contribution < 1.29 is 29.3 Å². The smallest absolute Gasteiger partial charge is 0.407 e. The highest BCUT2D eigenvalue weighted by Gasteiger charge is 2.29. The van der Waals surface area contributed by atoms with Crippen LogP contribution in [0.5, 0.6) is 5.75 Å². The minimum Gasteiger partial charge on any atom is -0.507 e. The van der Waals surface area contributed by atoms with Crippen molar-refractivity contribution in [2.24, 2.45) is 0 Å². The van der Waals surface area contributed by atoms with Crippen LogP contribution in [0.1, 0.15) is 34.3 Å². The normalized spacial score (nSPS) is 12.9. The van der Waals surface area contributed by atoms with Gasteiger partial charge < -0.3 is 25.6 Å². The van der Waals surface area contributed by atoms with Crippen LogP contribution in [-0.4, -0.2) is 40.8 Å². The lowest BCUT2D eigenvalue weighted by molar-refractivity contribution is -0.117. The topological polar surface area (TPSA) is 125 Å². The van der Waals surface area contributed by atoms with Crippen molar-refractivity contribution in [3.8, 4) is 16.9 Å². The maximum Gasteiger partial charge on any atom is 0.407 e.